The van der Waals surface area contributed by atoms with Gasteiger partial charge in [-0.3, -0.25) is 4.99 Å². The number of aromatic nitrogens is 1. The van der Waals surface area contributed by atoms with Crippen molar-refractivity contribution in [2.24, 2.45) is 4.99 Å². The summed E-state index contributed by atoms with van der Waals surface area (Å²) in [5.74, 6) is 2.81. The highest BCUT2D eigenvalue weighted by Crippen LogP contribution is 2.19. The van der Waals surface area contributed by atoms with E-state index in [-0.39, 0.29) is 0 Å². The summed E-state index contributed by atoms with van der Waals surface area (Å²) >= 11 is 0. The van der Waals surface area contributed by atoms with Gasteiger partial charge in [0.05, 0.1) is 7.11 Å². The van der Waals surface area contributed by atoms with Crippen LogP contribution in [-0.4, -0.2) is 50.1 Å². The Hall–Kier alpha value is -2.76. The number of ether oxygens (including phenoxy) is 1. The Labute approximate surface area is 161 Å². The van der Waals surface area contributed by atoms with Crippen molar-refractivity contribution in [1.82, 2.24) is 15.2 Å². The first kappa shape index (κ1) is 19.0. The first-order valence-corrected chi connectivity index (χ1v) is 9.45. The van der Waals surface area contributed by atoms with Gasteiger partial charge in [-0.25, -0.2) is 4.98 Å². The van der Waals surface area contributed by atoms with E-state index in [1.165, 1.54) is 12.8 Å². The maximum atomic E-state index is 5.44. The Bertz CT molecular complexity index is 753. The number of nitrogens with zero attached hydrogens (tertiary/aromatic N) is 4. The van der Waals surface area contributed by atoms with Crippen molar-refractivity contribution in [3.8, 4) is 5.75 Å². The summed E-state index contributed by atoms with van der Waals surface area (Å²) in [6.45, 7) is 3.64. The molecule has 1 aliphatic rings. The lowest BCUT2D eigenvalue weighted by atomic mass is 10.2. The number of hydrogen-bond donors (Lipinski definition) is 1. The number of pyridine rings is 1. The number of methoxy groups -OCH3 is 1. The van der Waals surface area contributed by atoms with Crippen LogP contribution >= 0.6 is 0 Å². The number of hydrogen-bond acceptors (Lipinski definition) is 4. The largest absolute Gasteiger partial charge is 0.496 e. The number of nitrogens with one attached hydrogen (secondary N) is 1. The molecule has 1 saturated heterocycles. The highest BCUT2D eigenvalue weighted by molar-refractivity contribution is 5.79. The van der Waals surface area contributed by atoms with E-state index < -0.39 is 0 Å². The predicted molar refractivity (Wildman–Crippen MR) is 110 cm³/mol. The number of para-hydroxylation sites is 1. The fourth-order valence-electron chi connectivity index (χ4n) is 3.38. The van der Waals surface area contributed by atoms with Crippen molar-refractivity contribution in [3.63, 3.8) is 0 Å². The van der Waals surface area contributed by atoms with Crippen LogP contribution in [0.25, 0.3) is 0 Å². The third kappa shape index (κ3) is 4.90. The van der Waals surface area contributed by atoms with Crippen molar-refractivity contribution in [2.75, 3.05) is 39.2 Å². The minimum atomic E-state index is 0.691. The second-order valence-corrected chi connectivity index (χ2v) is 6.79. The molecule has 2 heterocycles. The maximum absolute atomic E-state index is 5.44. The Morgan fingerprint density at radius 1 is 1.22 bits per heavy atom. The quantitative estimate of drug-likeness (QED) is 0.628. The van der Waals surface area contributed by atoms with E-state index >= 15 is 0 Å². The van der Waals surface area contributed by atoms with Crippen molar-refractivity contribution in [3.05, 3.63) is 53.7 Å². The number of rotatable bonds is 6. The van der Waals surface area contributed by atoms with E-state index in [4.69, 9.17) is 4.74 Å². The molecule has 27 heavy (non-hydrogen) atoms. The summed E-state index contributed by atoms with van der Waals surface area (Å²) < 4.78 is 5.44. The van der Waals surface area contributed by atoms with Gasteiger partial charge in [0, 0.05) is 52.0 Å². The minimum absolute atomic E-state index is 0.691. The number of aliphatic imine (C=N–C) groups is 1. The zero-order chi connectivity index (χ0) is 19.1. The van der Waals surface area contributed by atoms with Gasteiger partial charge in [-0.05, 0) is 30.5 Å². The van der Waals surface area contributed by atoms with Gasteiger partial charge in [-0.2, -0.15) is 0 Å². The SMILES string of the molecule is CN=C(NCc1ccc(N2CCCC2)nc1)N(C)Cc1ccccc1OC. The van der Waals surface area contributed by atoms with Crippen LogP contribution in [0.3, 0.4) is 0 Å². The molecule has 0 spiro atoms. The van der Waals surface area contributed by atoms with Gasteiger partial charge in [-0.15, -0.1) is 0 Å². The van der Waals surface area contributed by atoms with E-state index in [1.54, 1.807) is 14.2 Å². The summed E-state index contributed by atoms with van der Waals surface area (Å²) in [6.07, 6.45) is 4.48. The van der Waals surface area contributed by atoms with Gasteiger partial charge in [0.25, 0.3) is 0 Å². The number of benzene rings is 1. The molecule has 2 aromatic rings. The second kappa shape index (κ2) is 9.26. The molecule has 6 heteroatoms. The van der Waals surface area contributed by atoms with Gasteiger partial charge >= 0.3 is 0 Å². The fraction of sp³-hybridized carbons (Fsp3) is 0.429. The van der Waals surface area contributed by atoms with Crippen LogP contribution in [0.15, 0.2) is 47.6 Å². The standard InChI is InChI=1S/C21H29N5O/c1-22-21(25(2)16-18-8-4-5-9-19(18)27-3)24-15-17-10-11-20(23-14-17)26-12-6-7-13-26/h4-5,8-11,14H,6-7,12-13,15-16H2,1-3H3,(H,22,24). The molecule has 1 aliphatic heterocycles. The van der Waals surface area contributed by atoms with Crippen molar-refractivity contribution in [1.29, 1.82) is 0 Å². The molecule has 6 nitrogen and oxygen atoms in total. The third-order valence-corrected chi connectivity index (χ3v) is 4.86. The molecular weight excluding hydrogens is 338 g/mol. The van der Waals surface area contributed by atoms with Gasteiger partial charge in [-0.1, -0.05) is 24.3 Å². The normalized spacial score (nSPS) is 14.3. The van der Waals surface area contributed by atoms with Crippen molar-refractivity contribution < 1.29 is 4.74 Å². The molecule has 0 aliphatic carbocycles. The second-order valence-electron chi connectivity index (χ2n) is 6.79. The number of guanidine groups is 1. The molecule has 1 N–H and O–H groups in total. The smallest absolute Gasteiger partial charge is 0.193 e. The van der Waals surface area contributed by atoms with Crippen molar-refractivity contribution >= 4 is 11.8 Å². The molecule has 1 aromatic heterocycles. The fourth-order valence-corrected chi connectivity index (χ4v) is 3.38. The maximum Gasteiger partial charge on any atom is 0.193 e. The molecule has 0 bridgehead atoms. The van der Waals surface area contributed by atoms with Gasteiger partial charge < -0.3 is 19.9 Å². The van der Waals surface area contributed by atoms with Crippen LogP contribution in [0, 0.1) is 0 Å². The van der Waals surface area contributed by atoms with Crippen LogP contribution in [0.4, 0.5) is 5.82 Å². The molecule has 1 aromatic carbocycles. The summed E-state index contributed by atoms with van der Waals surface area (Å²) in [5.41, 5.74) is 2.27. The van der Waals surface area contributed by atoms with Crippen molar-refractivity contribution in [2.45, 2.75) is 25.9 Å². The molecule has 144 valence electrons. The molecule has 0 unspecified atom stereocenters. The predicted octanol–water partition coefficient (Wildman–Crippen LogP) is 2.90. The summed E-state index contributed by atoms with van der Waals surface area (Å²) in [6, 6.07) is 12.3. The highest BCUT2D eigenvalue weighted by Gasteiger charge is 2.13. The average Bonchev–Trinajstić information content (AvgIpc) is 3.24. The van der Waals surface area contributed by atoms with Crippen LogP contribution < -0.4 is 15.0 Å². The Morgan fingerprint density at radius 3 is 2.67 bits per heavy atom. The average molecular weight is 367 g/mol. The monoisotopic (exact) mass is 367 g/mol. The lowest BCUT2D eigenvalue weighted by Gasteiger charge is -2.23. The summed E-state index contributed by atoms with van der Waals surface area (Å²) in [7, 11) is 5.52. The van der Waals surface area contributed by atoms with Gasteiger partial charge in [0.2, 0.25) is 0 Å². The molecule has 3 rings (SSSR count). The van der Waals surface area contributed by atoms with Crippen LogP contribution in [0.2, 0.25) is 0 Å². The lowest BCUT2D eigenvalue weighted by Crippen LogP contribution is -2.38. The molecule has 1 fully saturated rings. The van der Waals surface area contributed by atoms with E-state index in [1.807, 2.05) is 31.4 Å². The Balaban J connectivity index is 1.56. The first-order valence-electron chi connectivity index (χ1n) is 9.45. The molecule has 0 amide bonds. The Morgan fingerprint density at radius 2 is 2.00 bits per heavy atom. The van der Waals surface area contributed by atoms with E-state index in [2.05, 4.69) is 43.3 Å². The Kier molecular flexibility index (Phi) is 6.52. The van der Waals surface area contributed by atoms with Gasteiger partial charge in [0.1, 0.15) is 11.6 Å². The molecular formula is C21H29N5O. The molecule has 0 radical (unpaired) electrons. The van der Waals surface area contributed by atoms with Crippen LogP contribution in [0.1, 0.15) is 24.0 Å². The zero-order valence-corrected chi connectivity index (χ0v) is 16.5. The minimum Gasteiger partial charge on any atom is -0.496 e. The van der Waals surface area contributed by atoms with Crippen LogP contribution in [-0.2, 0) is 13.1 Å². The first-order chi connectivity index (χ1) is 13.2. The molecule has 0 saturated carbocycles. The highest BCUT2D eigenvalue weighted by atomic mass is 16.5. The summed E-state index contributed by atoms with van der Waals surface area (Å²) in [5, 5.41) is 3.41. The molecule has 0 atom stereocenters. The van der Waals surface area contributed by atoms with Crippen LogP contribution in [0.5, 0.6) is 5.75 Å². The van der Waals surface area contributed by atoms with E-state index in [0.29, 0.717) is 6.54 Å². The zero-order valence-electron chi connectivity index (χ0n) is 16.5. The summed E-state index contributed by atoms with van der Waals surface area (Å²) in [4.78, 5) is 13.4. The topological polar surface area (TPSA) is 53.0 Å². The van der Waals surface area contributed by atoms with Gasteiger partial charge in [0.15, 0.2) is 5.96 Å². The van der Waals surface area contributed by atoms with E-state index in [0.717, 1.165) is 48.3 Å². The third-order valence-electron chi connectivity index (χ3n) is 4.86. The van der Waals surface area contributed by atoms with E-state index in [9.17, 15) is 0 Å². The number of anilines is 1. The lowest BCUT2D eigenvalue weighted by molar-refractivity contribution is 0.396.